The summed E-state index contributed by atoms with van der Waals surface area (Å²) in [4.78, 5) is 15.7. The van der Waals surface area contributed by atoms with E-state index in [1.807, 2.05) is 13.8 Å². The molecule has 2 aromatic rings. The first kappa shape index (κ1) is 25.7. The smallest absolute Gasteiger partial charge is 0.363 e. The van der Waals surface area contributed by atoms with Crippen LogP contribution in [0.5, 0.6) is 0 Å². The molecule has 190 valence electrons. The number of likely N-dealkylation sites (tertiary alicyclic amines) is 1. The number of hydrogen-bond acceptors (Lipinski definition) is 3. The van der Waals surface area contributed by atoms with Gasteiger partial charge in [0.1, 0.15) is 5.60 Å². The average Bonchev–Trinajstić information content (AvgIpc) is 2.87. The first-order chi connectivity index (χ1) is 16.7. The number of carbonyl (C=O) groups is 1. The van der Waals surface area contributed by atoms with Gasteiger partial charge in [-0.25, -0.2) is 0 Å². The maximum Gasteiger partial charge on any atom is 0.416 e. The summed E-state index contributed by atoms with van der Waals surface area (Å²) in [6.45, 7) is 6.50. The number of alkyl halides is 3. The van der Waals surface area contributed by atoms with Gasteiger partial charge in [-0.2, -0.15) is 13.2 Å². The van der Waals surface area contributed by atoms with Gasteiger partial charge in [-0.3, -0.25) is 9.69 Å². The maximum atomic E-state index is 13.2. The molecule has 2 atom stereocenters. The Balaban J connectivity index is 1.32. The molecule has 0 bridgehead atoms. The van der Waals surface area contributed by atoms with Crippen molar-refractivity contribution in [1.82, 2.24) is 10.2 Å². The van der Waals surface area contributed by atoms with Crippen molar-refractivity contribution in [3.63, 3.8) is 0 Å². The zero-order chi connectivity index (χ0) is 25.1. The maximum absolute atomic E-state index is 13.2. The molecule has 0 aromatic heterocycles. The van der Waals surface area contributed by atoms with Crippen LogP contribution in [0.4, 0.5) is 13.2 Å². The molecular weight excluding hydrogens is 453 g/mol. The first-order valence-corrected chi connectivity index (χ1v) is 12.6. The molecule has 7 heteroatoms. The van der Waals surface area contributed by atoms with Crippen molar-refractivity contribution < 1.29 is 22.7 Å². The van der Waals surface area contributed by atoms with E-state index in [4.69, 9.17) is 4.74 Å². The van der Waals surface area contributed by atoms with E-state index in [1.165, 1.54) is 11.6 Å². The van der Waals surface area contributed by atoms with Crippen molar-refractivity contribution in [1.29, 1.82) is 0 Å². The molecule has 2 fully saturated rings. The second-order valence-electron chi connectivity index (χ2n) is 10.1. The summed E-state index contributed by atoms with van der Waals surface area (Å²) in [5.41, 5.74) is 0.154. The molecule has 2 heterocycles. The van der Waals surface area contributed by atoms with Crippen molar-refractivity contribution in [3.05, 3.63) is 71.3 Å². The monoisotopic (exact) mass is 488 g/mol. The van der Waals surface area contributed by atoms with E-state index < -0.39 is 17.3 Å². The van der Waals surface area contributed by atoms with E-state index in [2.05, 4.69) is 40.5 Å². The fraction of sp³-hybridized carbons (Fsp3) is 0.536. The zero-order valence-electron chi connectivity index (χ0n) is 20.5. The molecule has 0 saturated carbocycles. The first-order valence-electron chi connectivity index (χ1n) is 12.6. The minimum absolute atomic E-state index is 0.0387. The second-order valence-corrected chi connectivity index (χ2v) is 10.1. The fourth-order valence-electron chi connectivity index (χ4n) is 5.48. The normalized spacial score (nSPS) is 24.5. The van der Waals surface area contributed by atoms with Crippen molar-refractivity contribution in [2.45, 2.75) is 69.8 Å². The van der Waals surface area contributed by atoms with Crippen LogP contribution in [-0.2, 0) is 22.3 Å². The Morgan fingerprint density at radius 3 is 2.40 bits per heavy atom. The summed E-state index contributed by atoms with van der Waals surface area (Å²) in [6, 6.07) is 16.0. The number of rotatable bonds is 6. The lowest BCUT2D eigenvalue weighted by Gasteiger charge is -2.46. The summed E-state index contributed by atoms with van der Waals surface area (Å²) >= 11 is 0. The minimum Gasteiger partial charge on any atom is -0.363 e. The number of carbonyl (C=O) groups excluding carboxylic acids is 1. The molecular formula is C28H35F3N2O2. The molecule has 2 aromatic carbocycles. The van der Waals surface area contributed by atoms with Gasteiger partial charge in [0.25, 0.3) is 5.91 Å². The van der Waals surface area contributed by atoms with Crippen molar-refractivity contribution >= 4 is 5.91 Å². The van der Waals surface area contributed by atoms with Gasteiger partial charge in [-0.1, -0.05) is 56.3 Å². The molecule has 4 nitrogen and oxygen atoms in total. The number of ether oxygens (including phenoxy) is 1. The van der Waals surface area contributed by atoms with Crippen LogP contribution in [0.3, 0.4) is 0 Å². The average molecular weight is 489 g/mol. The SMILES string of the molecule is CC(C)[C@]1(C(=O)NCc2cccc(C(F)(F)F)c2)CCC(N2CCC(c3ccccc3)CC2)CO1. The number of benzene rings is 2. The van der Waals surface area contributed by atoms with Gasteiger partial charge >= 0.3 is 6.18 Å². The van der Waals surface area contributed by atoms with Gasteiger partial charge in [0, 0.05) is 12.6 Å². The van der Waals surface area contributed by atoms with Gasteiger partial charge in [0.15, 0.2) is 0 Å². The summed E-state index contributed by atoms with van der Waals surface area (Å²) in [5.74, 6) is 0.299. The third-order valence-electron chi connectivity index (χ3n) is 7.72. The number of nitrogens with zero attached hydrogens (tertiary/aromatic N) is 1. The van der Waals surface area contributed by atoms with Crippen molar-refractivity contribution in [2.24, 2.45) is 5.92 Å². The fourth-order valence-corrected chi connectivity index (χ4v) is 5.48. The molecule has 1 unspecified atom stereocenters. The Morgan fingerprint density at radius 1 is 1.09 bits per heavy atom. The molecule has 2 aliphatic rings. The lowest BCUT2D eigenvalue weighted by molar-refractivity contribution is -0.170. The summed E-state index contributed by atoms with van der Waals surface area (Å²) in [7, 11) is 0. The molecule has 0 spiro atoms. The molecule has 0 radical (unpaired) electrons. The topological polar surface area (TPSA) is 41.6 Å². The molecule has 1 N–H and O–H groups in total. The van der Waals surface area contributed by atoms with Gasteiger partial charge in [0.2, 0.25) is 0 Å². The van der Waals surface area contributed by atoms with Crippen LogP contribution < -0.4 is 5.32 Å². The Labute approximate surface area is 205 Å². The van der Waals surface area contributed by atoms with E-state index >= 15 is 0 Å². The number of amides is 1. The van der Waals surface area contributed by atoms with Crippen molar-refractivity contribution in [2.75, 3.05) is 19.7 Å². The van der Waals surface area contributed by atoms with Crippen LogP contribution >= 0.6 is 0 Å². The standard InChI is InChI=1S/C28H35F3N2O2/c1-20(2)27(26(34)32-18-21-7-6-10-24(17-21)28(29,30)31)14-11-25(19-35-27)33-15-12-23(13-16-33)22-8-4-3-5-9-22/h3-10,17,20,23,25H,11-16,18-19H2,1-2H3,(H,32,34)/t25?,27-/m0/s1. The predicted octanol–water partition coefficient (Wildman–Crippen LogP) is 5.78. The predicted molar refractivity (Wildman–Crippen MR) is 130 cm³/mol. The quantitative estimate of drug-likeness (QED) is 0.561. The third-order valence-corrected chi connectivity index (χ3v) is 7.72. The summed E-state index contributed by atoms with van der Waals surface area (Å²) < 4.78 is 45.3. The minimum atomic E-state index is -4.41. The van der Waals surface area contributed by atoms with E-state index in [1.54, 1.807) is 6.07 Å². The third kappa shape index (κ3) is 5.89. The molecule has 4 rings (SSSR count). The van der Waals surface area contributed by atoms with Crippen LogP contribution in [-0.4, -0.2) is 42.1 Å². The Morgan fingerprint density at radius 2 is 1.80 bits per heavy atom. The highest BCUT2D eigenvalue weighted by molar-refractivity contribution is 5.85. The number of halogens is 3. The zero-order valence-corrected chi connectivity index (χ0v) is 20.5. The van der Waals surface area contributed by atoms with Crippen LogP contribution in [0.15, 0.2) is 54.6 Å². The molecule has 1 amide bonds. The largest absolute Gasteiger partial charge is 0.416 e. The van der Waals surface area contributed by atoms with E-state index in [0.29, 0.717) is 24.5 Å². The van der Waals surface area contributed by atoms with Crippen LogP contribution in [0.25, 0.3) is 0 Å². The molecule has 2 saturated heterocycles. The molecule has 35 heavy (non-hydrogen) atoms. The van der Waals surface area contributed by atoms with E-state index in [0.717, 1.165) is 44.5 Å². The highest BCUT2D eigenvalue weighted by Crippen LogP contribution is 2.36. The molecule has 0 aliphatic carbocycles. The highest BCUT2D eigenvalue weighted by Gasteiger charge is 2.46. The van der Waals surface area contributed by atoms with E-state index in [-0.39, 0.29) is 24.4 Å². The van der Waals surface area contributed by atoms with Gasteiger partial charge in [0.05, 0.1) is 12.2 Å². The van der Waals surface area contributed by atoms with Gasteiger partial charge in [-0.05, 0) is 73.9 Å². The summed E-state index contributed by atoms with van der Waals surface area (Å²) in [5, 5.41) is 2.84. The van der Waals surface area contributed by atoms with Crippen LogP contribution in [0.2, 0.25) is 0 Å². The van der Waals surface area contributed by atoms with Crippen LogP contribution in [0, 0.1) is 5.92 Å². The van der Waals surface area contributed by atoms with Gasteiger partial charge in [-0.15, -0.1) is 0 Å². The van der Waals surface area contributed by atoms with Crippen molar-refractivity contribution in [3.8, 4) is 0 Å². The van der Waals surface area contributed by atoms with Crippen LogP contribution in [0.1, 0.15) is 62.1 Å². The van der Waals surface area contributed by atoms with Gasteiger partial charge < -0.3 is 10.1 Å². The van der Waals surface area contributed by atoms with E-state index in [9.17, 15) is 18.0 Å². The molecule has 2 aliphatic heterocycles. The Kier molecular flexibility index (Phi) is 7.86. The number of piperidine rings is 1. The lowest BCUT2D eigenvalue weighted by Crippen LogP contribution is -2.58. The second kappa shape index (κ2) is 10.7. The highest BCUT2D eigenvalue weighted by atomic mass is 19.4. The Bertz CT molecular complexity index is 977. The number of nitrogens with one attached hydrogen (secondary N) is 1. The number of hydrogen-bond donors (Lipinski definition) is 1. The Hall–Kier alpha value is -2.38. The lowest BCUT2D eigenvalue weighted by atomic mass is 9.80. The summed E-state index contributed by atoms with van der Waals surface area (Å²) in [6.07, 6.45) is -0.704.